The van der Waals surface area contributed by atoms with Crippen LogP contribution in [0.5, 0.6) is 0 Å². The molecule has 0 saturated heterocycles. The number of fused-ring (bicyclic) bond motifs is 3. The molecule has 17 nitrogen and oxygen atoms in total. The number of hydrogen-bond acceptors (Lipinski definition) is 11. The van der Waals surface area contributed by atoms with Gasteiger partial charge >= 0.3 is 5.97 Å². The van der Waals surface area contributed by atoms with Gasteiger partial charge in [-0.1, -0.05) is 26.8 Å². The first-order valence-corrected chi connectivity index (χ1v) is 25.6. The number of anilines is 1. The van der Waals surface area contributed by atoms with Crippen LogP contribution in [0.2, 0.25) is 0 Å². The first-order chi connectivity index (χ1) is 28.0. The second-order valence-corrected chi connectivity index (χ2v) is 22.8. The maximum Gasteiger partial charge on any atom is 0.326 e. The SMILES string of the molecule is CC1C(/C=C2\N(CCCS(=O)(=O)O)c3ccc(S(=O)(=O)O)cc3C2(C)C)=C2CCCC(/C=C/C3=[N+](CCCS(=O)(=O)O)c4ccc(S(=O)(=O)O)cc4C3(C)C)=C2NC1C(=O)O. The standard InChI is InChI=1S/C40H49N3O14S4/c1-24-29(23-35-40(4,5)31-22-27(61(55,56)57)13-15-33(31)43(35)18-8-20-59(49,50)51)28-10-6-9-25(37(28)41-36(24)38(44)45)11-16-34-39(2,3)30-21-26(60(52,53)54)12-14-32(30)42(34)17-7-19-58(46,47)48/h11-16,21-24,36H,6-10,17-20H2,1-5H3,(H5,44,45,46,47,48,49,50,51,52,53,54,55,56,57)/p+1/b35-23-. The van der Waals surface area contributed by atoms with Gasteiger partial charge < -0.3 is 15.3 Å². The Morgan fingerprint density at radius 1 is 0.820 bits per heavy atom. The van der Waals surface area contributed by atoms with E-state index in [0.29, 0.717) is 64.4 Å². The molecule has 4 aliphatic rings. The molecule has 3 aliphatic heterocycles. The van der Waals surface area contributed by atoms with Crippen molar-refractivity contribution in [3.05, 3.63) is 93.9 Å². The van der Waals surface area contributed by atoms with Crippen molar-refractivity contribution < 1.29 is 66.4 Å². The van der Waals surface area contributed by atoms with E-state index in [0.717, 1.165) is 11.1 Å². The molecule has 21 heteroatoms. The third-order valence-corrected chi connectivity index (χ3v) is 15.3. The third kappa shape index (κ3) is 9.43. The maximum atomic E-state index is 12.9. The van der Waals surface area contributed by atoms with Crippen LogP contribution in [-0.4, -0.2) is 104 Å². The molecule has 0 radical (unpaired) electrons. The topological polar surface area (TPSA) is 273 Å². The molecule has 2 aromatic rings. The van der Waals surface area contributed by atoms with E-state index in [1.54, 1.807) is 6.92 Å². The molecule has 0 aromatic heterocycles. The average molecular weight is 925 g/mol. The van der Waals surface area contributed by atoms with Gasteiger partial charge in [-0.25, -0.2) is 4.79 Å². The number of carbonyl (C=O) groups is 1. The molecule has 0 spiro atoms. The molecule has 0 amide bonds. The molecule has 2 atom stereocenters. The largest absolute Gasteiger partial charge is 0.480 e. The van der Waals surface area contributed by atoms with Crippen molar-refractivity contribution in [2.45, 2.75) is 93.4 Å². The van der Waals surface area contributed by atoms with Crippen molar-refractivity contribution in [2.24, 2.45) is 5.92 Å². The summed E-state index contributed by atoms with van der Waals surface area (Å²) in [7, 11) is -17.8. The number of rotatable bonds is 14. The first kappa shape index (κ1) is 46.3. The summed E-state index contributed by atoms with van der Waals surface area (Å²) in [5.74, 6) is -2.80. The van der Waals surface area contributed by atoms with Gasteiger partial charge in [0.1, 0.15) is 12.6 Å². The molecular weight excluding hydrogens is 875 g/mol. The Morgan fingerprint density at radius 3 is 2.00 bits per heavy atom. The van der Waals surface area contributed by atoms with Crippen LogP contribution in [0, 0.1) is 5.92 Å². The van der Waals surface area contributed by atoms with E-state index >= 15 is 0 Å². The minimum absolute atomic E-state index is 0.00436. The van der Waals surface area contributed by atoms with Gasteiger partial charge in [0.15, 0.2) is 5.71 Å². The average Bonchev–Trinajstić information content (AvgIpc) is 3.47. The van der Waals surface area contributed by atoms with Crippen LogP contribution in [0.3, 0.4) is 0 Å². The highest BCUT2D eigenvalue weighted by atomic mass is 32.2. The van der Waals surface area contributed by atoms with Gasteiger partial charge in [-0.05, 0) is 98.2 Å². The predicted molar refractivity (Wildman–Crippen MR) is 227 cm³/mol. The molecule has 2 aromatic carbocycles. The molecule has 3 heterocycles. The molecule has 6 N–H and O–H groups in total. The van der Waals surface area contributed by atoms with Crippen molar-refractivity contribution in [2.75, 3.05) is 29.5 Å². The summed E-state index contributed by atoms with van der Waals surface area (Å²) in [6, 6.07) is 7.15. The summed E-state index contributed by atoms with van der Waals surface area (Å²) in [4.78, 5) is 14.1. The lowest BCUT2D eigenvalue weighted by atomic mass is 9.76. The lowest BCUT2D eigenvalue weighted by Crippen LogP contribution is -2.47. The molecule has 2 unspecified atom stereocenters. The van der Waals surface area contributed by atoms with Crippen molar-refractivity contribution in [1.29, 1.82) is 0 Å². The quantitative estimate of drug-likeness (QED) is 0.110. The normalized spacial score (nSPS) is 22.2. The summed E-state index contributed by atoms with van der Waals surface area (Å²) < 4.78 is 136. The lowest BCUT2D eigenvalue weighted by Gasteiger charge is -2.38. The fourth-order valence-electron chi connectivity index (χ4n) is 8.97. The molecule has 0 bridgehead atoms. The van der Waals surface area contributed by atoms with Gasteiger partial charge in [0.25, 0.3) is 40.5 Å². The van der Waals surface area contributed by atoms with E-state index in [1.165, 1.54) is 36.4 Å². The van der Waals surface area contributed by atoms with E-state index in [9.17, 15) is 61.8 Å². The Kier molecular flexibility index (Phi) is 12.3. The van der Waals surface area contributed by atoms with Gasteiger partial charge in [0.05, 0.1) is 26.7 Å². The Morgan fingerprint density at radius 2 is 1.41 bits per heavy atom. The summed E-state index contributed by atoms with van der Waals surface area (Å²) in [5.41, 5.74) is 4.46. The van der Waals surface area contributed by atoms with Crippen molar-refractivity contribution in [3.8, 4) is 0 Å². The first-order valence-electron chi connectivity index (χ1n) is 19.5. The zero-order chi connectivity index (χ0) is 45.2. The molecular formula is C40H50N3O14S4+. The molecule has 6 rings (SSSR count). The van der Waals surface area contributed by atoms with Crippen LogP contribution in [0.1, 0.15) is 77.8 Å². The van der Waals surface area contributed by atoms with E-state index in [-0.39, 0.29) is 35.7 Å². The van der Waals surface area contributed by atoms with E-state index in [1.807, 2.05) is 55.4 Å². The summed E-state index contributed by atoms with van der Waals surface area (Å²) >= 11 is 0. The van der Waals surface area contributed by atoms with Gasteiger partial charge in [-0.15, -0.1) is 0 Å². The zero-order valence-corrected chi connectivity index (χ0v) is 37.4. The van der Waals surface area contributed by atoms with Crippen LogP contribution in [0.4, 0.5) is 11.4 Å². The smallest absolute Gasteiger partial charge is 0.326 e. The van der Waals surface area contributed by atoms with E-state index in [4.69, 9.17) is 0 Å². The van der Waals surface area contributed by atoms with Gasteiger partial charge in [-0.2, -0.15) is 38.2 Å². The van der Waals surface area contributed by atoms with Crippen molar-refractivity contribution in [1.82, 2.24) is 5.32 Å². The molecule has 1 aliphatic carbocycles. The molecule has 61 heavy (non-hydrogen) atoms. The van der Waals surface area contributed by atoms with Crippen molar-refractivity contribution in [3.63, 3.8) is 0 Å². The Labute approximate surface area is 356 Å². The molecule has 0 saturated carbocycles. The van der Waals surface area contributed by atoms with Crippen LogP contribution < -0.4 is 10.2 Å². The molecule has 332 valence electrons. The summed E-state index contributed by atoms with van der Waals surface area (Å²) in [5, 5.41) is 13.8. The minimum atomic E-state index is -4.60. The number of nitrogens with one attached hydrogen (secondary N) is 1. The summed E-state index contributed by atoms with van der Waals surface area (Å²) in [6.07, 6.45) is 7.29. The highest BCUT2D eigenvalue weighted by Gasteiger charge is 2.46. The number of hydrogen-bond donors (Lipinski definition) is 6. The molecule has 0 fully saturated rings. The number of carboxylic acid groups (broad SMARTS) is 1. The third-order valence-electron chi connectivity index (χ3n) is 12.0. The second kappa shape index (κ2) is 16.2. The highest BCUT2D eigenvalue weighted by Crippen LogP contribution is 2.50. The van der Waals surface area contributed by atoms with E-state index < -0.39 is 80.7 Å². The number of nitrogens with zero attached hydrogens (tertiary/aromatic N) is 2. The number of allylic oxidation sites excluding steroid dienone is 6. The number of aliphatic carboxylic acids is 1. The summed E-state index contributed by atoms with van der Waals surface area (Å²) in [6.45, 7) is 9.36. The van der Waals surface area contributed by atoms with Gasteiger partial charge in [0, 0.05) is 59.1 Å². The Bertz CT molecular complexity index is 2820. The van der Waals surface area contributed by atoms with Crippen LogP contribution in [0.25, 0.3) is 0 Å². The lowest BCUT2D eigenvalue weighted by molar-refractivity contribution is -0.437. The second-order valence-electron chi connectivity index (χ2n) is 16.8. The van der Waals surface area contributed by atoms with Crippen LogP contribution in [-0.2, 0) is 56.1 Å². The number of carboxylic acids is 1. The zero-order valence-electron chi connectivity index (χ0n) is 34.2. The predicted octanol–water partition coefficient (Wildman–Crippen LogP) is 4.78. The van der Waals surface area contributed by atoms with Crippen LogP contribution >= 0.6 is 0 Å². The minimum Gasteiger partial charge on any atom is -0.480 e. The fourth-order valence-corrected chi connectivity index (χ4v) is 11.0. The number of benzene rings is 2. The fraction of sp³-hybridized carbons (Fsp3) is 0.450. The van der Waals surface area contributed by atoms with Gasteiger partial charge in [-0.3, -0.25) is 18.2 Å². The maximum absolute atomic E-state index is 12.9. The van der Waals surface area contributed by atoms with E-state index in [2.05, 4.69) is 5.32 Å². The van der Waals surface area contributed by atoms with Crippen LogP contribution in [0.15, 0.2) is 92.5 Å². The van der Waals surface area contributed by atoms with Gasteiger partial charge in [0.2, 0.25) is 5.69 Å². The Hall–Kier alpha value is -4.22. The monoisotopic (exact) mass is 924 g/mol. The van der Waals surface area contributed by atoms with Crippen molar-refractivity contribution >= 4 is 63.5 Å². The Balaban J connectivity index is 1.51. The highest BCUT2D eigenvalue weighted by molar-refractivity contribution is 7.86.